The molecular formula is C12H16O3. The maximum atomic E-state index is 11.0. The Morgan fingerprint density at radius 1 is 1.40 bits per heavy atom. The van der Waals surface area contributed by atoms with Crippen molar-refractivity contribution >= 4 is 5.78 Å². The second-order valence-corrected chi connectivity index (χ2v) is 3.24. The highest BCUT2D eigenvalue weighted by Gasteiger charge is 2.05. The van der Waals surface area contributed by atoms with Crippen LogP contribution in [0.25, 0.3) is 0 Å². The topological polar surface area (TPSA) is 46.5 Å². The van der Waals surface area contributed by atoms with Crippen molar-refractivity contribution in [3.63, 3.8) is 0 Å². The molecule has 0 spiro atoms. The molecule has 1 N–H and O–H groups in total. The van der Waals surface area contributed by atoms with Crippen LogP contribution < -0.4 is 4.74 Å². The van der Waals surface area contributed by atoms with Gasteiger partial charge >= 0.3 is 0 Å². The molecule has 0 aliphatic rings. The Morgan fingerprint density at radius 3 is 2.80 bits per heavy atom. The molecule has 82 valence electrons. The van der Waals surface area contributed by atoms with Gasteiger partial charge in [-0.25, -0.2) is 0 Å². The number of rotatable bonds is 6. The predicted octanol–water partition coefficient (Wildman–Crippen LogP) is 1.58. The lowest BCUT2D eigenvalue weighted by Gasteiger charge is -2.08. The fourth-order valence-electron chi connectivity index (χ4n) is 1.36. The monoisotopic (exact) mass is 208 g/mol. The zero-order valence-corrected chi connectivity index (χ0v) is 8.90. The van der Waals surface area contributed by atoms with Gasteiger partial charge in [-0.15, -0.1) is 0 Å². The number of benzene rings is 1. The van der Waals surface area contributed by atoms with Crippen LogP contribution in [0.4, 0.5) is 0 Å². The predicted molar refractivity (Wildman–Crippen MR) is 58.0 cm³/mol. The highest BCUT2D eigenvalue weighted by atomic mass is 16.5. The maximum Gasteiger partial charge on any atom is 0.158 e. The van der Waals surface area contributed by atoms with Crippen LogP contribution >= 0.6 is 0 Å². The Bertz CT molecular complexity index is 320. The number of Topliss-reactive ketones (excluding diaryl/α,β-unsaturated/α-hetero) is 1. The van der Waals surface area contributed by atoms with Crippen LogP contribution in [-0.2, 0) is 11.2 Å². The summed E-state index contributed by atoms with van der Waals surface area (Å²) in [6.07, 6.45) is 0.982. The summed E-state index contributed by atoms with van der Waals surface area (Å²) in [7, 11) is 0. The summed E-state index contributed by atoms with van der Waals surface area (Å²) in [5.41, 5.74) is 1.01. The summed E-state index contributed by atoms with van der Waals surface area (Å²) in [4.78, 5) is 11.0. The lowest BCUT2D eigenvalue weighted by Crippen LogP contribution is -2.05. The van der Waals surface area contributed by atoms with E-state index in [9.17, 15) is 4.79 Å². The molecule has 0 aromatic heterocycles. The molecule has 15 heavy (non-hydrogen) atoms. The van der Waals surface area contributed by atoms with E-state index < -0.39 is 0 Å². The highest BCUT2D eigenvalue weighted by Crippen LogP contribution is 2.19. The maximum absolute atomic E-state index is 11.0. The number of ether oxygens (including phenoxy) is 1. The quantitative estimate of drug-likeness (QED) is 0.772. The first-order valence-corrected chi connectivity index (χ1v) is 5.11. The van der Waals surface area contributed by atoms with E-state index in [2.05, 4.69) is 0 Å². The molecule has 0 saturated heterocycles. The van der Waals surface area contributed by atoms with Crippen LogP contribution in [0.1, 0.15) is 18.9 Å². The largest absolute Gasteiger partial charge is 0.494 e. The molecule has 1 aromatic rings. The molecule has 0 amide bonds. The number of carbonyl (C=O) groups excluding carboxylic acids is 1. The van der Waals surface area contributed by atoms with Crippen molar-refractivity contribution in [1.82, 2.24) is 0 Å². The smallest absolute Gasteiger partial charge is 0.158 e. The molecular weight excluding hydrogens is 192 g/mol. The Balaban J connectivity index is 2.62. The van der Waals surface area contributed by atoms with Crippen LogP contribution in [-0.4, -0.2) is 24.1 Å². The zero-order chi connectivity index (χ0) is 11.1. The Hall–Kier alpha value is -1.35. The third-order valence-electron chi connectivity index (χ3n) is 2.12. The summed E-state index contributed by atoms with van der Waals surface area (Å²) < 4.78 is 5.43. The number of aliphatic hydroxyl groups excluding tert-OH is 1. The Labute approximate surface area is 89.7 Å². The Morgan fingerprint density at radius 2 is 2.13 bits per heavy atom. The normalized spacial score (nSPS) is 10.0. The van der Waals surface area contributed by atoms with Crippen LogP contribution in [0.2, 0.25) is 0 Å². The molecule has 0 aliphatic carbocycles. The fourth-order valence-corrected chi connectivity index (χ4v) is 1.36. The van der Waals surface area contributed by atoms with Crippen molar-refractivity contribution in [3.05, 3.63) is 29.8 Å². The van der Waals surface area contributed by atoms with E-state index in [0.717, 1.165) is 11.3 Å². The van der Waals surface area contributed by atoms with Gasteiger partial charge < -0.3 is 9.84 Å². The Kier molecular flexibility index (Phi) is 4.84. The summed E-state index contributed by atoms with van der Waals surface area (Å²) in [5.74, 6) is 0.687. The average Bonchev–Trinajstić information content (AvgIpc) is 2.28. The second-order valence-electron chi connectivity index (χ2n) is 3.24. The van der Waals surface area contributed by atoms with Gasteiger partial charge in [-0.05, 0) is 25.0 Å². The van der Waals surface area contributed by atoms with Gasteiger partial charge in [0.25, 0.3) is 0 Å². The zero-order valence-electron chi connectivity index (χ0n) is 8.90. The van der Waals surface area contributed by atoms with Crippen molar-refractivity contribution in [2.45, 2.75) is 19.8 Å². The number of para-hydroxylation sites is 1. The minimum Gasteiger partial charge on any atom is -0.494 e. The third kappa shape index (κ3) is 3.72. The molecule has 0 bridgehead atoms. The molecule has 1 aromatic carbocycles. The van der Waals surface area contributed by atoms with Gasteiger partial charge in [0.1, 0.15) is 12.4 Å². The molecule has 0 atom stereocenters. The number of carbonyl (C=O) groups is 1. The fraction of sp³-hybridized carbons (Fsp3) is 0.417. The van der Waals surface area contributed by atoms with Crippen LogP contribution in [0.3, 0.4) is 0 Å². The molecule has 0 radical (unpaired) electrons. The summed E-state index contributed by atoms with van der Waals surface area (Å²) >= 11 is 0. The second kappa shape index (κ2) is 6.19. The molecule has 3 nitrogen and oxygen atoms in total. The van der Waals surface area contributed by atoms with Gasteiger partial charge in [-0.2, -0.15) is 0 Å². The number of hydrogen-bond donors (Lipinski definition) is 1. The lowest BCUT2D eigenvalue weighted by molar-refractivity contribution is -0.121. The van der Waals surface area contributed by atoms with Crippen molar-refractivity contribution in [2.24, 2.45) is 0 Å². The van der Waals surface area contributed by atoms with E-state index in [1.807, 2.05) is 31.2 Å². The van der Waals surface area contributed by atoms with E-state index in [-0.39, 0.29) is 12.4 Å². The highest BCUT2D eigenvalue weighted by molar-refractivity contribution is 5.79. The molecule has 0 heterocycles. The van der Waals surface area contributed by atoms with Crippen molar-refractivity contribution in [3.8, 4) is 5.75 Å². The van der Waals surface area contributed by atoms with Gasteiger partial charge in [-0.1, -0.05) is 18.2 Å². The van der Waals surface area contributed by atoms with E-state index in [1.54, 1.807) is 0 Å². The van der Waals surface area contributed by atoms with Crippen LogP contribution in [0, 0.1) is 0 Å². The van der Waals surface area contributed by atoms with Crippen LogP contribution in [0.15, 0.2) is 24.3 Å². The molecule has 0 saturated carbocycles. The van der Waals surface area contributed by atoms with E-state index in [1.165, 1.54) is 0 Å². The summed E-state index contributed by atoms with van der Waals surface area (Å²) in [6.45, 7) is 2.16. The molecule has 1 rings (SSSR count). The first kappa shape index (κ1) is 11.7. The van der Waals surface area contributed by atoms with Gasteiger partial charge in [0, 0.05) is 6.42 Å². The molecule has 0 aliphatic heterocycles. The SMILES string of the molecule is CCOc1ccccc1CCC(=O)CO. The number of aliphatic hydroxyl groups is 1. The van der Waals surface area contributed by atoms with Crippen molar-refractivity contribution in [2.75, 3.05) is 13.2 Å². The summed E-state index contributed by atoms with van der Waals surface area (Å²) in [6, 6.07) is 7.65. The number of ketones is 1. The van der Waals surface area contributed by atoms with Crippen molar-refractivity contribution in [1.29, 1.82) is 0 Å². The number of hydrogen-bond acceptors (Lipinski definition) is 3. The minimum atomic E-state index is -0.378. The number of aryl methyl sites for hydroxylation is 1. The van der Waals surface area contributed by atoms with Crippen molar-refractivity contribution < 1.29 is 14.6 Å². The first-order chi connectivity index (χ1) is 7.27. The molecule has 3 heteroatoms. The van der Waals surface area contributed by atoms with Gasteiger partial charge in [0.15, 0.2) is 5.78 Å². The van der Waals surface area contributed by atoms with Gasteiger partial charge in [0.05, 0.1) is 6.61 Å². The van der Waals surface area contributed by atoms with Gasteiger partial charge in [-0.3, -0.25) is 4.79 Å². The minimum absolute atomic E-state index is 0.138. The van der Waals surface area contributed by atoms with E-state index >= 15 is 0 Å². The van der Waals surface area contributed by atoms with Gasteiger partial charge in [0.2, 0.25) is 0 Å². The average molecular weight is 208 g/mol. The lowest BCUT2D eigenvalue weighted by atomic mass is 10.1. The molecule has 0 unspecified atom stereocenters. The van der Waals surface area contributed by atoms with Crippen LogP contribution in [0.5, 0.6) is 5.75 Å². The third-order valence-corrected chi connectivity index (χ3v) is 2.12. The first-order valence-electron chi connectivity index (χ1n) is 5.11. The van der Waals surface area contributed by atoms with E-state index in [0.29, 0.717) is 19.4 Å². The standard InChI is InChI=1S/C12H16O3/c1-2-15-12-6-4-3-5-10(12)7-8-11(14)9-13/h3-6,13H,2,7-9H2,1H3. The van der Waals surface area contributed by atoms with E-state index in [4.69, 9.17) is 9.84 Å². The summed E-state index contributed by atoms with van der Waals surface area (Å²) in [5, 5.41) is 8.60. The molecule has 0 fully saturated rings.